The molecule has 0 aliphatic carbocycles. The lowest BCUT2D eigenvalue weighted by atomic mass is 10.0. The van der Waals surface area contributed by atoms with Crippen LogP contribution >= 0.6 is 0 Å². The number of benzene rings is 1. The molecule has 0 atom stereocenters. The van der Waals surface area contributed by atoms with Crippen molar-refractivity contribution in [3.63, 3.8) is 0 Å². The summed E-state index contributed by atoms with van der Waals surface area (Å²) in [6.45, 7) is 2.16. The van der Waals surface area contributed by atoms with Gasteiger partial charge in [-0.2, -0.15) is 0 Å². The van der Waals surface area contributed by atoms with Gasteiger partial charge in [0, 0.05) is 17.4 Å². The van der Waals surface area contributed by atoms with E-state index in [1.54, 1.807) is 6.20 Å². The maximum Gasteiger partial charge on any atom is 0.0702 e. The SMILES string of the molecule is CCCc1ccc(-c2ccccn2)cc1N. The van der Waals surface area contributed by atoms with Crippen molar-refractivity contribution in [2.24, 2.45) is 0 Å². The van der Waals surface area contributed by atoms with Crippen molar-refractivity contribution in [1.29, 1.82) is 0 Å². The molecule has 0 amide bonds. The van der Waals surface area contributed by atoms with Crippen molar-refractivity contribution < 1.29 is 0 Å². The van der Waals surface area contributed by atoms with Gasteiger partial charge in [-0.1, -0.05) is 31.5 Å². The van der Waals surface area contributed by atoms with Crippen LogP contribution in [-0.4, -0.2) is 4.98 Å². The molecule has 1 aromatic heterocycles. The number of rotatable bonds is 3. The number of hydrogen-bond acceptors (Lipinski definition) is 2. The second kappa shape index (κ2) is 4.79. The molecule has 0 radical (unpaired) electrons. The third-order valence-electron chi connectivity index (χ3n) is 2.63. The molecule has 0 saturated heterocycles. The predicted molar refractivity (Wildman–Crippen MR) is 68.1 cm³/mol. The number of nitrogen functional groups attached to an aromatic ring is 1. The minimum absolute atomic E-state index is 0.866. The first-order valence-electron chi connectivity index (χ1n) is 5.61. The topological polar surface area (TPSA) is 38.9 Å². The third kappa shape index (κ3) is 2.22. The lowest BCUT2D eigenvalue weighted by molar-refractivity contribution is 0.924. The molecule has 0 fully saturated rings. The Kier molecular flexibility index (Phi) is 3.20. The Hall–Kier alpha value is -1.83. The first-order chi connectivity index (χ1) is 7.81. The zero-order valence-electron chi connectivity index (χ0n) is 9.48. The van der Waals surface area contributed by atoms with Gasteiger partial charge in [-0.15, -0.1) is 0 Å². The summed E-state index contributed by atoms with van der Waals surface area (Å²) in [7, 11) is 0. The number of hydrogen-bond donors (Lipinski definition) is 1. The van der Waals surface area contributed by atoms with E-state index in [4.69, 9.17) is 5.73 Å². The Morgan fingerprint density at radius 3 is 2.69 bits per heavy atom. The molecule has 0 unspecified atom stereocenters. The van der Waals surface area contributed by atoms with Gasteiger partial charge in [0.05, 0.1) is 5.69 Å². The highest BCUT2D eigenvalue weighted by Gasteiger charge is 2.02. The van der Waals surface area contributed by atoms with Gasteiger partial charge in [0.25, 0.3) is 0 Å². The molecule has 0 aliphatic rings. The molecule has 1 heterocycles. The Bertz CT molecular complexity index is 463. The Morgan fingerprint density at radius 2 is 2.06 bits per heavy atom. The molecule has 0 spiro atoms. The van der Waals surface area contributed by atoms with Gasteiger partial charge in [0.1, 0.15) is 0 Å². The van der Waals surface area contributed by atoms with Crippen molar-refractivity contribution in [2.75, 3.05) is 5.73 Å². The monoisotopic (exact) mass is 212 g/mol. The summed E-state index contributed by atoms with van der Waals surface area (Å²) in [5.41, 5.74) is 10.2. The molecule has 0 saturated carbocycles. The lowest BCUT2D eigenvalue weighted by Crippen LogP contribution is -1.94. The fraction of sp³-hybridized carbons (Fsp3) is 0.214. The van der Waals surface area contributed by atoms with Gasteiger partial charge in [-0.05, 0) is 30.2 Å². The van der Waals surface area contributed by atoms with E-state index in [-0.39, 0.29) is 0 Å². The van der Waals surface area contributed by atoms with Gasteiger partial charge in [-0.25, -0.2) is 0 Å². The number of aryl methyl sites for hydroxylation is 1. The average Bonchev–Trinajstić information content (AvgIpc) is 2.33. The van der Waals surface area contributed by atoms with Crippen LogP contribution in [0.1, 0.15) is 18.9 Å². The number of pyridine rings is 1. The average molecular weight is 212 g/mol. The summed E-state index contributed by atoms with van der Waals surface area (Å²) in [4.78, 5) is 4.31. The van der Waals surface area contributed by atoms with E-state index in [1.165, 1.54) is 5.56 Å². The highest BCUT2D eigenvalue weighted by Crippen LogP contribution is 2.22. The first kappa shape index (κ1) is 10.7. The highest BCUT2D eigenvalue weighted by molar-refractivity contribution is 5.66. The summed E-state index contributed by atoms with van der Waals surface area (Å²) < 4.78 is 0. The van der Waals surface area contributed by atoms with E-state index in [9.17, 15) is 0 Å². The molecular formula is C14H16N2. The second-order valence-electron chi connectivity index (χ2n) is 3.88. The number of aromatic nitrogens is 1. The molecule has 2 heteroatoms. The maximum atomic E-state index is 6.02. The van der Waals surface area contributed by atoms with E-state index in [0.29, 0.717) is 0 Å². The van der Waals surface area contributed by atoms with Gasteiger partial charge in [0.15, 0.2) is 0 Å². The van der Waals surface area contributed by atoms with E-state index in [0.717, 1.165) is 29.8 Å². The summed E-state index contributed by atoms with van der Waals surface area (Å²) in [5, 5.41) is 0. The van der Waals surface area contributed by atoms with E-state index < -0.39 is 0 Å². The summed E-state index contributed by atoms with van der Waals surface area (Å²) >= 11 is 0. The lowest BCUT2D eigenvalue weighted by Gasteiger charge is -2.07. The van der Waals surface area contributed by atoms with Gasteiger partial charge in [-0.3, -0.25) is 4.98 Å². The Morgan fingerprint density at radius 1 is 1.19 bits per heavy atom. The minimum Gasteiger partial charge on any atom is -0.398 e. The molecular weight excluding hydrogens is 196 g/mol. The largest absolute Gasteiger partial charge is 0.398 e. The number of nitrogens with two attached hydrogens (primary N) is 1. The quantitative estimate of drug-likeness (QED) is 0.793. The molecule has 2 aromatic rings. The minimum atomic E-state index is 0.866. The van der Waals surface area contributed by atoms with Crippen LogP contribution in [0.2, 0.25) is 0 Å². The van der Waals surface area contributed by atoms with E-state index in [2.05, 4.69) is 24.0 Å². The molecule has 1 aromatic carbocycles. The van der Waals surface area contributed by atoms with Crippen molar-refractivity contribution >= 4 is 5.69 Å². The van der Waals surface area contributed by atoms with Crippen LogP contribution in [0.3, 0.4) is 0 Å². The third-order valence-corrected chi connectivity index (χ3v) is 2.63. The van der Waals surface area contributed by atoms with Crippen molar-refractivity contribution in [3.05, 3.63) is 48.2 Å². The predicted octanol–water partition coefficient (Wildman–Crippen LogP) is 3.28. The normalized spacial score (nSPS) is 10.3. The van der Waals surface area contributed by atoms with Crippen LogP contribution < -0.4 is 5.73 Å². The zero-order valence-corrected chi connectivity index (χ0v) is 9.48. The summed E-state index contributed by atoms with van der Waals surface area (Å²) in [6, 6.07) is 12.1. The molecule has 0 bridgehead atoms. The molecule has 16 heavy (non-hydrogen) atoms. The van der Waals surface area contributed by atoms with Gasteiger partial charge in [0.2, 0.25) is 0 Å². The second-order valence-corrected chi connectivity index (χ2v) is 3.88. The fourth-order valence-electron chi connectivity index (χ4n) is 1.78. The van der Waals surface area contributed by atoms with Crippen molar-refractivity contribution in [3.8, 4) is 11.3 Å². The van der Waals surface area contributed by atoms with Crippen molar-refractivity contribution in [1.82, 2.24) is 4.98 Å². The van der Waals surface area contributed by atoms with Gasteiger partial charge < -0.3 is 5.73 Å². The van der Waals surface area contributed by atoms with E-state index in [1.807, 2.05) is 24.3 Å². The van der Waals surface area contributed by atoms with Gasteiger partial charge >= 0.3 is 0 Å². The van der Waals surface area contributed by atoms with Crippen LogP contribution in [0.15, 0.2) is 42.6 Å². The molecule has 2 rings (SSSR count). The molecule has 2 nitrogen and oxygen atoms in total. The summed E-state index contributed by atoms with van der Waals surface area (Å²) in [5.74, 6) is 0. The summed E-state index contributed by atoms with van der Waals surface area (Å²) in [6.07, 6.45) is 3.95. The van der Waals surface area contributed by atoms with Crippen LogP contribution in [0.25, 0.3) is 11.3 Å². The smallest absolute Gasteiger partial charge is 0.0702 e. The molecule has 2 N–H and O–H groups in total. The molecule has 82 valence electrons. The van der Waals surface area contributed by atoms with Crippen LogP contribution in [-0.2, 0) is 6.42 Å². The standard InChI is InChI=1S/C14H16N2/c1-2-5-11-7-8-12(10-13(11)15)14-6-3-4-9-16-14/h3-4,6-10H,2,5,15H2,1H3. The zero-order chi connectivity index (χ0) is 11.4. The number of nitrogens with zero attached hydrogens (tertiary/aromatic N) is 1. The fourth-order valence-corrected chi connectivity index (χ4v) is 1.78. The maximum absolute atomic E-state index is 6.02. The van der Waals surface area contributed by atoms with E-state index >= 15 is 0 Å². The number of anilines is 1. The Labute approximate surface area is 96.1 Å². The highest BCUT2D eigenvalue weighted by atomic mass is 14.7. The van der Waals surface area contributed by atoms with Crippen molar-refractivity contribution in [2.45, 2.75) is 19.8 Å². The van der Waals surface area contributed by atoms with Crippen LogP contribution in [0, 0.1) is 0 Å². The first-order valence-corrected chi connectivity index (χ1v) is 5.61. The molecule has 0 aliphatic heterocycles. The Balaban J connectivity index is 2.35. The van der Waals surface area contributed by atoms with Crippen LogP contribution in [0.4, 0.5) is 5.69 Å². The van der Waals surface area contributed by atoms with Crippen LogP contribution in [0.5, 0.6) is 0 Å².